The van der Waals surface area contributed by atoms with Gasteiger partial charge >= 0.3 is 7.82 Å². The molecule has 41 heavy (non-hydrogen) atoms. The van der Waals surface area contributed by atoms with Crippen LogP contribution in [0.25, 0.3) is 0 Å². The molecule has 218 valence electrons. The van der Waals surface area contributed by atoms with Crippen LogP contribution in [0.4, 0.5) is 4.39 Å². The minimum Gasteiger partial charge on any atom is -0.494 e. The molecule has 4 rings (SSSR count). The zero-order valence-corrected chi connectivity index (χ0v) is 23.1. The quantitative estimate of drug-likeness (QED) is 0.200. The highest BCUT2D eigenvalue weighted by Gasteiger charge is 2.18. The number of carbonyl (C=O) groups is 1. The molecule has 0 radical (unpaired) electrons. The summed E-state index contributed by atoms with van der Waals surface area (Å²) in [6, 6.07) is 14.3. The van der Waals surface area contributed by atoms with Gasteiger partial charge in [0.05, 0.1) is 44.6 Å². The lowest BCUT2D eigenvalue weighted by molar-refractivity contribution is 0.0944. The summed E-state index contributed by atoms with van der Waals surface area (Å²) in [6.07, 6.45) is 4.81. The maximum absolute atomic E-state index is 14.4. The molecule has 15 heteroatoms. The van der Waals surface area contributed by atoms with E-state index in [9.17, 15) is 14.0 Å². The van der Waals surface area contributed by atoms with Crippen molar-refractivity contribution in [2.24, 2.45) is 0 Å². The van der Waals surface area contributed by atoms with E-state index in [0.717, 1.165) is 11.1 Å². The van der Waals surface area contributed by atoms with Crippen LogP contribution in [0.2, 0.25) is 0 Å². The van der Waals surface area contributed by atoms with Crippen LogP contribution in [0.1, 0.15) is 32.9 Å². The third-order valence-electron chi connectivity index (χ3n) is 5.55. The van der Waals surface area contributed by atoms with E-state index in [1.54, 1.807) is 27.7 Å². The fourth-order valence-electron chi connectivity index (χ4n) is 3.71. The van der Waals surface area contributed by atoms with Gasteiger partial charge < -0.3 is 34.0 Å². The smallest absolute Gasteiger partial charge is 0.466 e. The Kier molecular flexibility index (Phi) is 11.0. The first-order chi connectivity index (χ1) is 19.5. The molecule has 3 aromatic heterocycles. The summed E-state index contributed by atoms with van der Waals surface area (Å²) in [4.78, 5) is 50.3. The second-order valence-electron chi connectivity index (χ2n) is 8.57. The fraction of sp³-hybridized carbons (Fsp3) is 0.231. The van der Waals surface area contributed by atoms with Crippen molar-refractivity contribution < 1.29 is 37.9 Å². The SMILES string of the molecule is COCc1nn(Cc2ccc(Cn3ccccc3=O)cc2)cc1C(=O)NCc1nccc(OC)c1F.O=P(O)(O)O. The van der Waals surface area contributed by atoms with E-state index in [2.05, 4.69) is 15.4 Å². The van der Waals surface area contributed by atoms with Gasteiger partial charge in [0.15, 0.2) is 11.6 Å². The number of hydrogen-bond acceptors (Lipinski definition) is 7. The van der Waals surface area contributed by atoms with E-state index in [4.69, 9.17) is 28.7 Å². The maximum atomic E-state index is 14.4. The fourth-order valence-corrected chi connectivity index (χ4v) is 3.71. The number of ether oxygens (including phenoxy) is 2. The van der Waals surface area contributed by atoms with Crippen LogP contribution in [0, 0.1) is 5.82 Å². The number of rotatable bonds is 10. The number of halogens is 1. The van der Waals surface area contributed by atoms with Crippen LogP contribution in [0.3, 0.4) is 0 Å². The predicted octanol–water partition coefficient (Wildman–Crippen LogP) is 1.83. The molecule has 0 aliphatic heterocycles. The van der Waals surface area contributed by atoms with E-state index in [-0.39, 0.29) is 30.2 Å². The number of benzene rings is 1. The Hall–Kier alpha value is -4.20. The van der Waals surface area contributed by atoms with Gasteiger partial charge in [-0.3, -0.25) is 19.3 Å². The summed E-state index contributed by atoms with van der Waals surface area (Å²) in [5.74, 6) is -0.973. The molecule has 0 bridgehead atoms. The molecule has 0 spiro atoms. The summed E-state index contributed by atoms with van der Waals surface area (Å²) in [7, 11) is -1.75. The Bertz CT molecular complexity index is 1560. The van der Waals surface area contributed by atoms with Gasteiger partial charge in [0.1, 0.15) is 5.69 Å². The third kappa shape index (κ3) is 9.74. The number of carbonyl (C=O) groups excluding carboxylic acids is 1. The molecule has 0 fully saturated rings. The lowest BCUT2D eigenvalue weighted by atomic mass is 10.1. The number of pyridine rings is 2. The first-order valence-corrected chi connectivity index (χ1v) is 13.6. The van der Waals surface area contributed by atoms with Crippen LogP contribution in [0.15, 0.2) is 71.9 Å². The van der Waals surface area contributed by atoms with E-state index >= 15 is 0 Å². The largest absolute Gasteiger partial charge is 0.494 e. The molecule has 4 N–H and O–H groups in total. The Balaban J connectivity index is 0.000000850. The molecule has 0 saturated carbocycles. The Labute approximate surface area is 234 Å². The molecule has 1 amide bonds. The van der Waals surface area contributed by atoms with Gasteiger partial charge in [-0.25, -0.2) is 8.96 Å². The van der Waals surface area contributed by atoms with Crippen LogP contribution in [-0.2, 0) is 35.5 Å². The van der Waals surface area contributed by atoms with Crippen molar-refractivity contribution in [1.29, 1.82) is 0 Å². The first-order valence-electron chi connectivity index (χ1n) is 12.0. The van der Waals surface area contributed by atoms with Crippen LogP contribution in [-0.4, -0.2) is 54.1 Å². The Morgan fingerprint density at radius 1 is 1.02 bits per heavy atom. The molecule has 0 unspecified atom stereocenters. The van der Waals surface area contributed by atoms with E-state index in [0.29, 0.717) is 24.3 Å². The van der Waals surface area contributed by atoms with Gasteiger partial charge in [-0.1, -0.05) is 30.3 Å². The molecular weight excluding hydrogens is 560 g/mol. The number of hydrogen-bond donors (Lipinski definition) is 4. The van der Waals surface area contributed by atoms with Crippen molar-refractivity contribution in [2.75, 3.05) is 14.2 Å². The molecule has 13 nitrogen and oxygen atoms in total. The molecule has 4 aromatic rings. The van der Waals surface area contributed by atoms with Gasteiger partial charge in [-0.05, 0) is 17.2 Å². The van der Waals surface area contributed by atoms with Crippen molar-refractivity contribution in [2.45, 2.75) is 26.2 Å². The zero-order chi connectivity index (χ0) is 30.0. The molecular formula is C26H29FN5O8P. The monoisotopic (exact) mass is 589 g/mol. The lowest BCUT2D eigenvalue weighted by Gasteiger charge is -2.08. The number of nitrogens with one attached hydrogen (secondary N) is 1. The van der Waals surface area contributed by atoms with Gasteiger partial charge in [0.2, 0.25) is 0 Å². The van der Waals surface area contributed by atoms with Gasteiger partial charge in [-0.15, -0.1) is 0 Å². The molecule has 0 saturated heterocycles. The highest BCUT2D eigenvalue weighted by atomic mass is 31.2. The molecule has 0 atom stereocenters. The van der Waals surface area contributed by atoms with Crippen molar-refractivity contribution in [3.05, 3.63) is 111 Å². The lowest BCUT2D eigenvalue weighted by Crippen LogP contribution is -2.24. The summed E-state index contributed by atoms with van der Waals surface area (Å²) in [5, 5.41) is 7.18. The number of amides is 1. The number of nitrogens with zero attached hydrogens (tertiary/aromatic N) is 4. The van der Waals surface area contributed by atoms with Gasteiger partial charge in [0.25, 0.3) is 11.5 Å². The third-order valence-corrected chi connectivity index (χ3v) is 5.55. The number of aromatic nitrogens is 4. The Morgan fingerprint density at radius 3 is 2.29 bits per heavy atom. The average Bonchev–Trinajstić information content (AvgIpc) is 3.32. The highest BCUT2D eigenvalue weighted by Crippen LogP contribution is 2.25. The molecule has 1 aromatic carbocycles. The van der Waals surface area contributed by atoms with Crippen molar-refractivity contribution in [3.8, 4) is 5.75 Å². The van der Waals surface area contributed by atoms with E-state index < -0.39 is 19.5 Å². The second kappa shape index (κ2) is 14.4. The number of phosphoric acid groups is 1. The van der Waals surface area contributed by atoms with Gasteiger partial charge in [-0.2, -0.15) is 5.10 Å². The van der Waals surface area contributed by atoms with Crippen molar-refractivity contribution in [3.63, 3.8) is 0 Å². The minimum atomic E-state index is -4.64. The van der Waals surface area contributed by atoms with Crippen LogP contribution in [0.5, 0.6) is 5.75 Å². The predicted molar refractivity (Wildman–Crippen MR) is 144 cm³/mol. The van der Waals surface area contributed by atoms with E-state index in [1.807, 2.05) is 30.3 Å². The van der Waals surface area contributed by atoms with Crippen LogP contribution >= 0.6 is 7.82 Å². The second-order valence-corrected chi connectivity index (χ2v) is 9.60. The molecule has 0 aliphatic carbocycles. The number of methoxy groups -OCH3 is 2. The summed E-state index contributed by atoms with van der Waals surface area (Å²) in [6.45, 7) is 0.951. The molecule has 0 aliphatic rings. The topological polar surface area (TPSA) is 178 Å². The van der Waals surface area contributed by atoms with Crippen molar-refractivity contribution in [1.82, 2.24) is 24.6 Å². The minimum absolute atomic E-state index is 0.0560. The summed E-state index contributed by atoms with van der Waals surface area (Å²) in [5.41, 5.74) is 2.78. The molecule has 3 heterocycles. The standard InChI is InChI=1S/C26H26FN5O4.H3O4P/c1-35-17-22-20(26(34)29-13-21-25(27)23(36-2)10-11-28-21)16-32(30-22)15-19-8-6-18(7-9-19)14-31-12-4-3-5-24(31)33;1-5(2,3)4/h3-12,16H,13-15,17H2,1-2H3,(H,29,34);(H3,1,2,3,4). The van der Waals surface area contributed by atoms with Crippen LogP contribution < -0.4 is 15.6 Å². The van der Waals surface area contributed by atoms with E-state index in [1.165, 1.54) is 32.5 Å². The summed E-state index contributed by atoms with van der Waals surface area (Å²) >= 11 is 0. The zero-order valence-electron chi connectivity index (χ0n) is 22.2. The highest BCUT2D eigenvalue weighted by molar-refractivity contribution is 7.45. The maximum Gasteiger partial charge on any atom is 0.466 e. The van der Waals surface area contributed by atoms with Crippen molar-refractivity contribution >= 4 is 13.7 Å². The normalized spacial score (nSPS) is 11.0. The van der Waals surface area contributed by atoms with Gasteiger partial charge in [0, 0.05) is 37.8 Å². The Morgan fingerprint density at radius 2 is 1.68 bits per heavy atom. The summed E-state index contributed by atoms with van der Waals surface area (Å²) < 4.78 is 36.7. The average molecular weight is 590 g/mol. The first kappa shape index (κ1) is 31.3.